The van der Waals surface area contributed by atoms with Crippen LogP contribution in [0.1, 0.15) is 28.9 Å². The maximum atomic E-state index is 13.3. The van der Waals surface area contributed by atoms with Gasteiger partial charge in [-0.1, -0.05) is 12.1 Å². The summed E-state index contributed by atoms with van der Waals surface area (Å²) in [6.45, 7) is 2.15. The summed E-state index contributed by atoms with van der Waals surface area (Å²) in [5.74, 6) is 0.403. The van der Waals surface area contributed by atoms with Crippen molar-refractivity contribution in [2.45, 2.75) is 19.3 Å². The zero-order valence-corrected chi connectivity index (χ0v) is 18.6. The zero-order chi connectivity index (χ0) is 23.2. The Bertz CT molecular complexity index is 1100. The molecule has 2 amide bonds. The van der Waals surface area contributed by atoms with Gasteiger partial charge in [-0.2, -0.15) is 0 Å². The number of carbonyl (C=O) groups is 2. The minimum atomic E-state index is -0.337. The van der Waals surface area contributed by atoms with Crippen LogP contribution < -0.4 is 4.74 Å². The SMILES string of the molecule is COc1ccc(CCC(=O)N2CCCN(C(=O)c3cncn3-c3ccc(F)cc3)CC2)cc1. The largest absolute Gasteiger partial charge is 0.497 e. The van der Waals surface area contributed by atoms with Crippen molar-refractivity contribution in [1.82, 2.24) is 19.4 Å². The summed E-state index contributed by atoms with van der Waals surface area (Å²) in [7, 11) is 1.63. The lowest BCUT2D eigenvalue weighted by molar-refractivity contribution is -0.131. The van der Waals surface area contributed by atoms with Gasteiger partial charge in [-0.3, -0.25) is 14.2 Å². The third-order valence-electron chi connectivity index (χ3n) is 5.88. The highest BCUT2D eigenvalue weighted by molar-refractivity contribution is 5.93. The first-order chi connectivity index (χ1) is 16.0. The molecule has 7 nitrogen and oxygen atoms in total. The van der Waals surface area contributed by atoms with Gasteiger partial charge in [0, 0.05) is 38.3 Å². The van der Waals surface area contributed by atoms with Crippen LogP contribution in [0.2, 0.25) is 0 Å². The van der Waals surface area contributed by atoms with E-state index in [9.17, 15) is 14.0 Å². The maximum Gasteiger partial charge on any atom is 0.272 e. The first-order valence-corrected chi connectivity index (χ1v) is 11.0. The van der Waals surface area contributed by atoms with Crippen molar-refractivity contribution in [3.05, 3.63) is 78.1 Å². The van der Waals surface area contributed by atoms with Crippen LogP contribution in [-0.2, 0) is 11.2 Å². The summed E-state index contributed by atoms with van der Waals surface area (Å²) >= 11 is 0. The van der Waals surface area contributed by atoms with E-state index in [0.717, 1.165) is 11.3 Å². The van der Waals surface area contributed by atoms with E-state index >= 15 is 0 Å². The van der Waals surface area contributed by atoms with Crippen LogP contribution in [-0.4, -0.2) is 64.5 Å². The van der Waals surface area contributed by atoms with E-state index in [0.29, 0.717) is 56.8 Å². The molecular weight excluding hydrogens is 423 g/mol. The molecule has 1 aromatic heterocycles. The van der Waals surface area contributed by atoms with Gasteiger partial charge in [-0.05, 0) is 54.8 Å². The van der Waals surface area contributed by atoms with E-state index in [2.05, 4.69) is 4.98 Å². The predicted molar refractivity (Wildman–Crippen MR) is 122 cm³/mol. The van der Waals surface area contributed by atoms with Gasteiger partial charge in [0.15, 0.2) is 0 Å². The van der Waals surface area contributed by atoms with Gasteiger partial charge in [-0.15, -0.1) is 0 Å². The monoisotopic (exact) mass is 450 g/mol. The number of aryl methyl sites for hydroxylation is 1. The Balaban J connectivity index is 1.35. The fraction of sp³-hybridized carbons (Fsp3) is 0.320. The minimum absolute atomic E-state index is 0.0940. The van der Waals surface area contributed by atoms with Crippen LogP contribution in [0.15, 0.2) is 61.1 Å². The Kier molecular flexibility index (Phi) is 7.02. The van der Waals surface area contributed by atoms with Crippen LogP contribution >= 0.6 is 0 Å². The van der Waals surface area contributed by atoms with Gasteiger partial charge >= 0.3 is 0 Å². The number of ether oxygens (including phenoxy) is 1. The Labute approximate surface area is 192 Å². The molecule has 3 aromatic rings. The Hall–Kier alpha value is -3.68. The van der Waals surface area contributed by atoms with Crippen molar-refractivity contribution < 1.29 is 18.7 Å². The second-order valence-electron chi connectivity index (χ2n) is 8.00. The van der Waals surface area contributed by atoms with Crippen molar-refractivity contribution in [2.75, 3.05) is 33.3 Å². The minimum Gasteiger partial charge on any atom is -0.497 e. The average molecular weight is 451 g/mol. The van der Waals surface area contributed by atoms with Gasteiger partial charge in [0.1, 0.15) is 17.3 Å². The lowest BCUT2D eigenvalue weighted by Crippen LogP contribution is -2.38. The molecular formula is C25H27FN4O3. The number of halogens is 1. The molecule has 0 spiro atoms. The number of rotatable bonds is 6. The number of imidazole rings is 1. The highest BCUT2D eigenvalue weighted by Gasteiger charge is 2.25. The highest BCUT2D eigenvalue weighted by atomic mass is 19.1. The standard InChI is InChI=1S/C25H27FN4O3/c1-33-22-10-3-19(4-11-22)5-12-24(31)28-13-2-14-29(16-15-28)25(32)23-17-27-18-30(23)21-8-6-20(26)7-9-21/h3-4,6-11,17-18H,2,5,12-16H2,1H3. The molecule has 0 bridgehead atoms. The molecule has 0 saturated carbocycles. The topological polar surface area (TPSA) is 67.7 Å². The molecule has 1 fully saturated rings. The molecule has 1 saturated heterocycles. The Morgan fingerprint density at radius 1 is 0.970 bits per heavy atom. The molecule has 4 rings (SSSR count). The summed E-state index contributed by atoms with van der Waals surface area (Å²) in [4.78, 5) is 33.7. The maximum absolute atomic E-state index is 13.3. The average Bonchev–Trinajstić information content (AvgIpc) is 3.20. The molecule has 0 radical (unpaired) electrons. The Morgan fingerprint density at radius 2 is 1.67 bits per heavy atom. The molecule has 8 heteroatoms. The van der Waals surface area contributed by atoms with Gasteiger partial charge in [-0.25, -0.2) is 9.37 Å². The van der Waals surface area contributed by atoms with Crippen molar-refractivity contribution in [3.8, 4) is 11.4 Å². The summed E-state index contributed by atoms with van der Waals surface area (Å²) in [6, 6.07) is 13.7. The quantitative estimate of drug-likeness (QED) is 0.578. The number of methoxy groups -OCH3 is 1. The molecule has 0 atom stereocenters. The fourth-order valence-corrected chi connectivity index (χ4v) is 3.99. The van der Waals surface area contributed by atoms with Gasteiger partial charge < -0.3 is 14.5 Å². The van der Waals surface area contributed by atoms with Crippen LogP contribution in [0.3, 0.4) is 0 Å². The van der Waals surface area contributed by atoms with Gasteiger partial charge in [0.05, 0.1) is 19.6 Å². The molecule has 33 heavy (non-hydrogen) atoms. The van der Waals surface area contributed by atoms with Crippen LogP contribution in [0, 0.1) is 5.82 Å². The van der Waals surface area contributed by atoms with E-state index in [4.69, 9.17) is 4.74 Å². The van der Waals surface area contributed by atoms with E-state index in [-0.39, 0.29) is 17.6 Å². The molecule has 2 aromatic carbocycles. The zero-order valence-electron chi connectivity index (χ0n) is 18.6. The third-order valence-corrected chi connectivity index (χ3v) is 5.88. The number of benzene rings is 2. The number of hydrogen-bond acceptors (Lipinski definition) is 4. The second-order valence-corrected chi connectivity index (χ2v) is 8.00. The van der Waals surface area contributed by atoms with E-state index in [1.54, 1.807) is 35.0 Å². The molecule has 0 unspecified atom stereocenters. The van der Waals surface area contributed by atoms with Crippen molar-refractivity contribution in [2.24, 2.45) is 0 Å². The van der Waals surface area contributed by atoms with Crippen molar-refractivity contribution in [1.29, 1.82) is 0 Å². The van der Waals surface area contributed by atoms with Crippen LogP contribution in [0.4, 0.5) is 4.39 Å². The molecule has 2 heterocycles. The Morgan fingerprint density at radius 3 is 2.39 bits per heavy atom. The van der Waals surface area contributed by atoms with Crippen molar-refractivity contribution >= 4 is 11.8 Å². The van der Waals surface area contributed by atoms with E-state index in [1.165, 1.54) is 18.3 Å². The lowest BCUT2D eigenvalue weighted by Gasteiger charge is -2.22. The summed E-state index contributed by atoms with van der Waals surface area (Å²) < 4.78 is 20.1. The second kappa shape index (κ2) is 10.3. The number of amides is 2. The van der Waals surface area contributed by atoms with Gasteiger partial charge in [0.25, 0.3) is 5.91 Å². The van der Waals surface area contributed by atoms with Crippen LogP contribution in [0.5, 0.6) is 5.75 Å². The van der Waals surface area contributed by atoms with E-state index in [1.807, 2.05) is 29.2 Å². The molecule has 1 aliphatic heterocycles. The van der Waals surface area contributed by atoms with Crippen LogP contribution in [0.25, 0.3) is 5.69 Å². The summed E-state index contributed by atoms with van der Waals surface area (Å²) in [5, 5.41) is 0. The first kappa shape index (κ1) is 22.5. The molecule has 0 N–H and O–H groups in total. The summed E-state index contributed by atoms with van der Waals surface area (Å²) in [5.41, 5.74) is 2.17. The smallest absolute Gasteiger partial charge is 0.272 e. The van der Waals surface area contributed by atoms with Crippen molar-refractivity contribution in [3.63, 3.8) is 0 Å². The molecule has 0 aliphatic carbocycles. The number of aromatic nitrogens is 2. The van der Waals surface area contributed by atoms with Gasteiger partial charge in [0.2, 0.25) is 5.91 Å². The lowest BCUT2D eigenvalue weighted by atomic mass is 10.1. The number of carbonyl (C=O) groups excluding carboxylic acids is 2. The molecule has 1 aliphatic rings. The number of nitrogens with zero attached hydrogens (tertiary/aromatic N) is 4. The first-order valence-electron chi connectivity index (χ1n) is 11.0. The third kappa shape index (κ3) is 5.39. The summed E-state index contributed by atoms with van der Waals surface area (Å²) in [6.07, 6.45) is 4.88. The number of hydrogen-bond donors (Lipinski definition) is 0. The molecule has 172 valence electrons. The highest BCUT2D eigenvalue weighted by Crippen LogP contribution is 2.17. The fourth-order valence-electron chi connectivity index (χ4n) is 3.99. The predicted octanol–water partition coefficient (Wildman–Crippen LogP) is 3.33. The van der Waals surface area contributed by atoms with E-state index < -0.39 is 0 Å². The normalized spacial score (nSPS) is 14.1.